The molecule has 0 aliphatic heterocycles. The first kappa shape index (κ1) is 10.7. The summed E-state index contributed by atoms with van der Waals surface area (Å²) in [6.07, 6.45) is 5.11. The van der Waals surface area contributed by atoms with Gasteiger partial charge >= 0.3 is 0 Å². The van der Waals surface area contributed by atoms with Crippen LogP contribution >= 0.6 is 0 Å². The molecule has 1 unspecified atom stereocenters. The smallest absolute Gasteiger partial charge is 0.0459 e. The molecule has 0 bridgehead atoms. The lowest BCUT2D eigenvalue weighted by atomic mass is 9.79. The van der Waals surface area contributed by atoms with Crippen LogP contribution in [0.25, 0.3) is 0 Å². The maximum atomic E-state index is 9.03. The number of hydrogen-bond donors (Lipinski definition) is 1. The Morgan fingerprint density at radius 3 is 2.80 bits per heavy atom. The molecule has 82 valence electrons. The van der Waals surface area contributed by atoms with E-state index in [-0.39, 0.29) is 6.61 Å². The van der Waals surface area contributed by atoms with E-state index in [0.717, 1.165) is 12.3 Å². The zero-order valence-electron chi connectivity index (χ0n) is 9.45. The van der Waals surface area contributed by atoms with Crippen molar-refractivity contribution in [2.45, 2.75) is 38.5 Å². The highest BCUT2D eigenvalue weighted by atomic mass is 16.3. The highest BCUT2D eigenvalue weighted by Crippen LogP contribution is 2.36. The Morgan fingerprint density at radius 2 is 2.20 bits per heavy atom. The summed E-state index contributed by atoms with van der Waals surface area (Å²) in [6, 6.07) is 8.91. The summed E-state index contributed by atoms with van der Waals surface area (Å²) in [5.41, 5.74) is 2.88. The second kappa shape index (κ2) is 4.80. The second-order valence-electron chi connectivity index (χ2n) is 4.86. The Balaban J connectivity index is 2.04. The van der Waals surface area contributed by atoms with Crippen LogP contribution in [0.3, 0.4) is 0 Å². The van der Waals surface area contributed by atoms with Crippen molar-refractivity contribution in [3.8, 4) is 0 Å². The van der Waals surface area contributed by atoms with E-state index in [1.807, 2.05) is 0 Å². The van der Waals surface area contributed by atoms with Crippen molar-refractivity contribution in [1.29, 1.82) is 0 Å². The van der Waals surface area contributed by atoms with Gasteiger partial charge in [0.2, 0.25) is 0 Å². The fraction of sp³-hybridized carbons (Fsp3) is 0.571. The quantitative estimate of drug-likeness (QED) is 0.799. The van der Waals surface area contributed by atoms with E-state index >= 15 is 0 Å². The van der Waals surface area contributed by atoms with Gasteiger partial charge in [0, 0.05) is 6.61 Å². The molecule has 2 rings (SSSR count). The number of aliphatic hydroxyl groups is 1. The largest absolute Gasteiger partial charge is 0.396 e. The fourth-order valence-corrected chi connectivity index (χ4v) is 2.18. The third-order valence-electron chi connectivity index (χ3n) is 3.42. The molecule has 0 heterocycles. The Morgan fingerprint density at radius 1 is 1.40 bits per heavy atom. The molecule has 1 aromatic carbocycles. The normalized spacial score (nSPS) is 18.5. The van der Waals surface area contributed by atoms with Gasteiger partial charge in [0.25, 0.3) is 0 Å². The molecule has 0 saturated heterocycles. The molecule has 1 N–H and O–H groups in total. The van der Waals surface area contributed by atoms with E-state index < -0.39 is 0 Å². The molecular weight excluding hydrogens is 184 g/mol. The van der Waals surface area contributed by atoms with E-state index in [0.29, 0.717) is 5.92 Å². The van der Waals surface area contributed by atoms with Crippen LogP contribution in [-0.2, 0) is 6.42 Å². The van der Waals surface area contributed by atoms with Gasteiger partial charge in [-0.15, -0.1) is 0 Å². The van der Waals surface area contributed by atoms with Gasteiger partial charge in [0.05, 0.1) is 0 Å². The van der Waals surface area contributed by atoms with Crippen LogP contribution in [0.5, 0.6) is 0 Å². The monoisotopic (exact) mass is 204 g/mol. The summed E-state index contributed by atoms with van der Waals surface area (Å²) in [5.74, 6) is 1.19. The van der Waals surface area contributed by atoms with Crippen LogP contribution in [0.15, 0.2) is 24.3 Å². The Kier molecular flexibility index (Phi) is 3.42. The fourth-order valence-electron chi connectivity index (χ4n) is 2.18. The molecule has 0 radical (unpaired) electrons. The van der Waals surface area contributed by atoms with Crippen molar-refractivity contribution in [2.24, 2.45) is 5.92 Å². The molecule has 1 saturated carbocycles. The van der Waals surface area contributed by atoms with Gasteiger partial charge in [-0.25, -0.2) is 0 Å². The molecular formula is C14H20O. The topological polar surface area (TPSA) is 20.2 Å². The first-order chi connectivity index (χ1) is 7.29. The van der Waals surface area contributed by atoms with Gasteiger partial charge in [0.15, 0.2) is 0 Å². The van der Waals surface area contributed by atoms with Crippen LogP contribution < -0.4 is 0 Å². The number of benzene rings is 1. The second-order valence-corrected chi connectivity index (χ2v) is 4.86. The molecule has 0 aromatic heterocycles. The van der Waals surface area contributed by atoms with E-state index in [1.165, 1.54) is 30.4 Å². The highest BCUT2D eigenvalue weighted by Gasteiger charge is 2.19. The summed E-state index contributed by atoms with van der Waals surface area (Å²) in [4.78, 5) is 0. The molecule has 1 fully saturated rings. The third kappa shape index (κ3) is 2.60. The van der Waals surface area contributed by atoms with E-state index in [9.17, 15) is 0 Å². The van der Waals surface area contributed by atoms with E-state index in [1.54, 1.807) is 0 Å². The van der Waals surface area contributed by atoms with Crippen molar-refractivity contribution in [3.05, 3.63) is 35.4 Å². The molecule has 0 amide bonds. The van der Waals surface area contributed by atoms with Gasteiger partial charge in [0.1, 0.15) is 0 Å². The average Bonchev–Trinajstić information content (AvgIpc) is 2.15. The zero-order valence-corrected chi connectivity index (χ0v) is 9.45. The Hall–Kier alpha value is -0.820. The molecule has 1 aliphatic rings. The van der Waals surface area contributed by atoms with Crippen molar-refractivity contribution in [2.75, 3.05) is 6.61 Å². The zero-order chi connectivity index (χ0) is 10.7. The summed E-state index contributed by atoms with van der Waals surface area (Å²) < 4.78 is 0. The minimum absolute atomic E-state index is 0.285. The van der Waals surface area contributed by atoms with Crippen LogP contribution in [0.2, 0.25) is 0 Å². The van der Waals surface area contributed by atoms with Gasteiger partial charge in [-0.3, -0.25) is 0 Å². The minimum atomic E-state index is 0.285. The lowest BCUT2D eigenvalue weighted by Crippen LogP contribution is -2.10. The van der Waals surface area contributed by atoms with E-state index in [4.69, 9.17) is 5.11 Å². The first-order valence-electron chi connectivity index (χ1n) is 5.99. The highest BCUT2D eigenvalue weighted by molar-refractivity contribution is 5.27. The van der Waals surface area contributed by atoms with Crippen molar-refractivity contribution >= 4 is 0 Å². The average molecular weight is 204 g/mol. The summed E-state index contributed by atoms with van der Waals surface area (Å²) in [6.45, 7) is 2.38. The predicted molar refractivity (Wildman–Crippen MR) is 63.0 cm³/mol. The molecule has 1 heteroatoms. The molecule has 1 atom stereocenters. The van der Waals surface area contributed by atoms with Gasteiger partial charge in [-0.05, 0) is 42.2 Å². The lowest BCUT2D eigenvalue weighted by molar-refractivity contribution is 0.237. The van der Waals surface area contributed by atoms with E-state index in [2.05, 4.69) is 31.2 Å². The van der Waals surface area contributed by atoms with Crippen molar-refractivity contribution in [1.82, 2.24) is 0 Å². The lowest BCUT2D eigenvalue weighted by Gasteiger charge is -2.26. The van der Waals surface area contributed by atoms with Crippen LogP contribution in [0.4, 0.5) is 0 Å². The van der Waals surface area contributed by atoms with Crippen molar-refractivity contribution in [3.63, 3.8) is 0 Å². The molecule has 1 aromatic rings. The summed E-state index contributed by atoms with van der Waals surface area (Å²) in [5, 5.41) is 9.03. The third-order valence-corrected chi connectivity index (χ3v) is 3.42. The van der Waals surface area contributed by atoms with Crippen LogP contribution in [0, 0.1) is 5.92 Å². The number of aliphatic hydroxyl groups excluding tert-OH is 1. The predicted octanol–water partition coefficient (Wildman–Crippen LogP) is 3.13. The number of hydrogen-bond acceptors (Lipinski definition) is 1. The Bertz CT molecular complexity index is 315. The summed E-state index contributed by atoms with van der Waals surface area (Å²) >= 11 is 0. The molecule has 0 spiro atoms. The Labute approximate surface area is 92.1 Å². The standard InChI is InChI=1S/C14H20O/c1-11(10-15)8-12-4-2-7-14(9-12)13-5-3-6-13/h2,4,7,9,11,13,15H,3,5-6,8,10H2,1H3. The van der Waals surface area contributed by atoms with Gasteiger partial charge in [-0.1, -0.05) is 37.6 Å². The molecule has 1 nitrogen and oxygen atoms in total. The molecule has 15 heavy (non-hydrogen) atoms. The van der Waals surface area contributed by atoms with Crippen LogP contribution in [-0.4, -0.2) is 11.7 Å². The minimum Gasteiger partial charge on any atom is -0.396 e. The summed E-state index contributed by atoms with van der Waals surface area (Å²) in [7, 11) is 0. The van der Waals surface area contributed by atoms with Crippen LogP contribution in [0.1, 0.15) is 43.2 Å². The number of rotatable bonds is 4. The maximum absolute atomic E-state index is 9.03. The SMILES string of the molecule is CC(CO)Cc1cccc(C2CCC2)c1. The maximum Gasteiger partial charge on any atom is 0.0459 e. The first-order valence-corrected chi connectivity index (χ1v) is 5.99. The van der Waals surface area contributed by atoms with Crippen molar-refractivity contribution < 1.29 is 5.11 Å². The van der Waals surface area contributed by atoms with Gasteiger partial charge in [-0.2, -0.15) is 0 Å². The van der Waals surface area contributed by atoms with Gasteiger partial charge < -0.3 is 5.11 Å². The molecule has 1 aliphatic carbocycles.